The summed E-state index contributed by atoms with van der Waals surface area (Å²) in [6, 6.07) is 0. The fourth-order valence-corrected chi connectivity index (χ4v) is 0.633. The summed E-state index contributed by atoms with van der Waals surface area (Å²) in [5.41, 5.74) is 0. The lowest BCUT2D eigenvalue weighted by Gasteiger charge is -2.12. The van der Waals surface area contributed by atoms with Crippen LogP contribution in [0.2, 0.25) is 0 Å². The van der Waals surface area contributed by atoms with Crippen molar-refractivity contribution in [2.45, 2.75) is 12.4 Å². The summed E-state index contributed by atoms with van der Waals surface area (Å²) in [5, 5.41) is 32.3. The van der Waals surface area contributed by atoms with Crippen molar-refractivity contribution in [1.82, 2.24) is 0 Å². The number of aliphatic hydroxyl groups is 3. The minimum atomic E-state index is -4.52. The highest BCUT2D eigenvalue weighted by Crippen LogP contribution is 2.02. The van der Waals surface area contributed by atoms with E-state index in [-0.39, 0.29) is 0 Å². The monoisotopic (exact) mass is 204 g/mol. The molecule has 0 aliphatic carbocycles. The second-order valence-electron chi connectivity index (χ2n) is 1.83. The molecule has 0 aromatic carbocycles. The predicted octanol–water partition coefficient (Wildman–Crippen LogP) is -2.24. The third kappa shape index (κ3) is 6.42. The van der Waals surface area contributed by atoms with Crippen LogP contribution < -0.4 is 0 Å². The van der Waals surface area contributed by atoms with E-state index < -0.39 is 29.4 Å². The van der Waals surface area contributed by atoms with E-state index in [1.807, 2.05) is 0 Å². The molecule has 0 heterocycles. The Kier molecular flexibility index (Phi) is 3.99. The zero-order chi connectivity index (χ0) is 9.83. The van der Waals surface area contributed by atoms with Crippen molar-refractivity contribution in [3.05, 3.63) is 0 Å². The maximum atomic E-state index is 10.1. The lowest BCUT2D eigenvalue weighted by Crippen LogP contribution is -2.29. The van der Waals surface area contributed by atoms with Crippen molar-refractivity contribution in [3.63, 3.8) is 0 Å². The topological polar surface area (TPSA) is 134 Å². The molecule has 9 heteroatoms. The Bertz CT molecular complexity index is 211. The molecule has 0 bridgehead atoms. The van der Waals surface area contributed by atoms with Crippen LogP contribution in [0, 0.1) is 0 Å². The Labute approximate surface area is 67.8 Å². The highest BCUT2D eigenvalue weighted by Gasteiger charge is 2.20. The summed E-state index contributed by atoms with van der Waals surface area (Å²) >= 11 is 0. The minimum absolute atomic E-state index is 0.744. The van der Waals surface area contributed by atoms with Crippen molar-refractivity contribution in [2.75, 3.05) is 6.61 Å². The molecule has 0 saturated heterocycles. The van der Waals surface area contributed by atoms with Gasteiger partial charge in [0, 0.05) is 0 Å². The standard InChI is InChI=1S/C3H8O8S/c4-3(5,6)1-2-10-12(8,9)11-7/h4-7H,1-2H2. The highest BCUT2D eigenvalue weighted by molar-refractivity contribution is 7.81. The van der Waals surface area contributed by atoms with E-state index in [0.717, 1.165) is 0 Å². The van der Waals surface area contributed by atoms with Gasteiger partial charge in [0.25, 0.3) is 5.97 Å². The summed E-state index contributed by atoms with van der Waals surface area (Å²) < 4.78 is 26.9. The van der Waals surface area contributed by atoms with E-state index in [2.05, 4.69) is 8.52 Å². The van der Waals surface area contributed by atoms with Gasteiger partial charge in [0.2, 0.25) is 0 Å². The van der Waals surface area contributed by atoms with Gasteiger partial charge in [-0.05, 0) is 0 Å². The maximum Gasteiger partial charge on any atom is 0.426 e. The van der Waals surface area contributed by atoms with E-state index in [4.69, 9.17) is 20.6 Å². The van der Waals surface area contributed by atoms with Crippen LogP contribution in [0.5, 0.6) is 0 Å². The summed E-state index contributed by atoms with van der Waals surface area (Å²) in [7, 11) is -4.52. The van der Waals surface area contributed by atoms with Crippen molar-refractivity contribution in [1.29, 1.82) is 0 Å². The van der Waals surface area contributed by atoms with E-state index in [9.17, 15) is 8.42 Å². The first-order valence-electron chi connectivity index (χ1n) is 2.66. The molecule has 12 heavy (non-hydrogen) atoms. The summed E-state index contributed by atoms with van der Waals surface area (Å²) in [4.78, 5) is 0. The fourth-order valence-electron chi connectivity index (χ4n) is 0.302. The van der Waals surface area contributed by atoms with Crippen molar-refractivity contribution in [2.24, 2.45) is 0 Å². The zero-order valence-electron chi connectivity index (χ0n) is 5.74. The normalized spacial score (nSPS) is 13.3. The van der Waals surface area contributed by atoms with Crippen LogP contribution in [0.25, 0.3) is 0 Å². The first-order valence-corrected chi connectivity index (χ1v) is 4.00. The van der Waals surface area contributed by atoms with Crippen molar-refractivity contribution in [3.8, 4) is 0 Å². The van der Waals surface area contributed by atoms with Crippen LogP contribution in [0.1, 0.15) is 6.42 Å². The lowest BCUT2D eigenvalue weighted by atomic mass is 10.4. The SMILES string of the molecule is O=S(=O)(OO)OCCC(O)(O)O. The van der Waals surface area contributed by atoms with Crippen LogP contribution >= 0.6 is 0 Å². The second kappa shape index (κ2) is 4.09. The molecule has 0 aromatic rings. The van der Waals surface area contributed by atoms with Gasteiger partial charge >= 0.3 is 10.4 Å². The van der Waals surface area contributed by atoms with Crippen molar-refractivity contribution >= 4 is 10.4 Å². The quantitative estimate of drug-likeness (QED) is 0.224. The predicted molar refractivity (Wildman–Crippen MR) is 32.6 cm³/mol. The third-order valence-corrected chi connectivity index (χ3v) is 1.39. The largest absolute Gasteiger partial charge is 0.426 e. The molecule has 0 saturated carbocycles. The van der Waals surface area contributed by atoms with E-state index >= 15 is 0 Å². The maximum absolute atomic E-state index is 10.1. The molecule has 0 spiro atoms. The number of hydrogen-bond donors (Lipinski definition) is 4. The van der Waals surface area contributed by atoms with Gasteiger partial charge in [0.05, 0.1) is 13.0 Å². The van der Waals surface area contributed by atoms with Gasteiger partial charge in [-0.1, -0.05) is 4.33 Å². The molecule has 0 aliphatic heterocycles. The van der Waals surface area contributed by atoms with Crippen LogP contribution in [0.3, 0.4) is 0 Å². The molecule has 0 atom stereocenters. The zero-order valence-corrected chi connectivity index (χ0v) is 6.56. The minimum Gasteiger partial charge on any atom is -0.344 e. The van der Waals surface area contributed by atoms with Gasteiger partial charge in [-0.25, -0.2) is 9.44 Å². The molecular formula is C3H8O8S. The molecule has 0 aliphatic rings. The molecule has 0 fully saturated rings. The molecule has 0 rings (SSSR count). The highest BCUT2D eigenvalue weighted by atomic mass is 32.3. The van der Waals surface area contributed by atoms with Crippen molar-refractivity contribution < 1.29 is 37.5 Å². The average Bonchev–Trinajstić information content (AvgIpc) is 1.84. The molecule has 8 nitrogen and oxygen atoms in total. The Hall–Kier alpha value is -0.290. The molecule has 0 amide bonds. The van der Waals surface area contributed by atoms with Crippen LogP contribution in [0.4, 0.5) is 0 Å². The molecular weight excluding hydrogens is 196 g/mol. The van der Waals surface area contributed by atoms with Gasteiger partial charge in [0.1, 0.15) is 0 Å². The molecule has 0 aromatic heterocycles. The van der Waals surface area contributed by atoms with E-state index in [0.29, 0.717) is 0 Å². The van der Waals surface area contributed by atoms with E-state index in [1.165, 1.54) is 0 Å². The number of rotatable bonds is 5. The van der Waals surface area contributed by atoms with Crippen LogP contribution in [0.15, 0.2) is 0 Å². The first kappa shape index (κ1) is 11.7. The smallest absolute Gasteiger partial charge is 0.344 e. The third-order valence-electron chi connectivity index (χ3n) is 0.756. The number of hydrogen-bond acceptors (Lipinski definition) is 8. The molecule has 0 unspecified atom stereocenters. The van der Waals surface area contributed by atoms with E-state index in [1.54, 1.807) is 0 Å². The molecule has 4 N–H and O–H groups in total. The Morgan fingerprint density at radius 3 is 2.08 bits per heavy atom. The Balaban J connectivity index is 3.73. The van der Waals surface area contributed by atoms with Gasteiger partial charge in [-0.15, -0.1) is 0 Å². The molecule has 74 valence electrons. The summed E-state index contributed by atoms with van der Waals surface area (Å²) in [6.45, 7) is -0.744. The second-order valence-corrected chi connectivity index (χ2v) is 3.03. The van der Waals surface area contributed by atoms with Gasteiger partial charge < -0.3 is 15.3 Å². The van der Waals surface area contributed by atoms with Gasteiger partial charge in [-0.3, -0.25) is 0 Å². The molecule has 0 radical (unpaired) electrons. The Morgan fingerprint density at radius 2 is 1.75 bits per heavy atom. The first-order chi connectivity index (χ1) is 5.27. The summed E-state index contributed by atoms with van der Waals surface area (Å²) in [5.74, 6) is -3.01. The lowest BCUT2D eigenvalue weighted by molar-refractivity contribution is -0.316. The Morgan fingerprint density at radius 1 is 1.25 bits per heavy atom. The summed E-state index contributed by atoms with van der Waals surface area (Å²) in [6.07, 6.45) is -0.768. The van der Waals surface area contributed by atoms with Crippen LogP contribution in [-0.4, -0.2) is 41.6 Å². The van der Waals surface area contributed by atoms with Gasteiger partial charge in [-0.2, -0.15) is 8.42 Å². The van der Waals surface area contributed by atoms with Crippen LogP contribution in [-0.2, 0) is 18.9 Å². The average molecular weight is 204 g/mol. The fraction of sp³-hybridized carbons (Fsp3) is 1.00. The van der Waals surface area contributed by atoms with Gasteiger partial charge in [0.15, 0.2) is 0 Å².